The number of hydrogen-bond donors (Lipinski definition) is 1. The predicted molar refractivity (Wildman–Crippen MR) is 56.4 cm³/mol. The lowest BCUT2D eigenvalue weighted by Crippen LogP contribution is -2.51. The fourth-order valence-corrected chi connectivity index (χ4v) is 1.86. The van der Waals surface area contributed by atoms with E-state index >= 15 is 0 Å². The zero-order valence-electron chi connectivity index (χ0n) is 9.62. The lowest BCUT2D eigenvalue weighted by molar-refractivity contribution is -0.155. The molecule has 1 aliphatic heterocycles. The van der Waals surface area contributed by atoms with Gasteiger partial charge >= 0.3 is 5.97 Å². The Kier molecular flexibility index (Phi) is 3.37. The van der Waals surface area contributed by atoms with Crippen molar-refractivity contribution in [1.82, 2.24) is 4.90 Å². The number of aliphatic carboxylic acids is 1. The average Bonchev–Trinajstić information content (AvgIpc) is 2.15. The van der Waals surface area contributed by atoms with Gasteiger partial charge in [0, 0.05) is 12.0 Å². The van der Waals surface area contributed by atoms with Crippen molar-refractivity contribution < 1.29 is 14.7 Å². The van der Waals surface area contributed by atoms with Crippen molar-refractivity contribution in [2.45, 2.75) is 46.1 Å². The summed E-state index contributed by atoms with van der Waals surface area (Å²) >= 11 is 0. The van der Waals surface area contributed by atoms with E-state index in [4.69, 9.17) is 5.11 Å². The van der Waals surface area contributed by atoms with Crippen molar-refractivity contribution >= 4 is 11.9 Å². The third-order valence-corrected chi connectivity index (χ3v) is 2.69. The molecule has 0 aliphatic carbocycles. The summed E-state index contributed by atoms with van der Waals surface area (Å²) in [6.07, 6.45) is 2.38. The van der Waals surface area contributed by atoms with Gasteiger partial charge in [-0.05, 0) is 19.3 Å². The number of carbonyl (C=O) groups is 2. The van der Waals surface area contributed by atoms with E-state index in [1.54, 1.807) is 0 Å². The summed E-state index contributed by atoms with van der Waals surface area (Å²) in [6, 6.07) is -0.620. The van der Waals surface area contributed by atoms with Crippen LogP contribution in [0.1, 0.15) is 40.0 Å². The number of hydrogen-bond acceptors (Lipinski definition) is 2. The van der Waals surface area contributed by atoms with E-state index in [9.17, 15) is 9.59 Å². The highest BCUT2D eigenvalue weighted by atomic mass is 16.4. The molecular formula is C11H19NO3. The minimum Gasteiger partial charge on any atom is -0.480 e. The highest BCUT2D eigenvalue weighted by Crippen LogP contribution is 2.24. The van der Waals surface area contributed by atoms with E-state index in [-0.39, 0.29) is 5.91 Å². The normalized spacial score (nSPS) is 22.6. The largest absolute Gasteiger partial charge is 0.480 e. The SMILES string of the molecule is CC(C)(C)C(=O)N1CCCC[C@@H]1C(=O)O. The van der Waals surface area contributed by atoms with Crippen LogP contribution in [0.2, 0.25) is 0 Å². The van der Waals surface area contributed by atoms with Gasteiger partial charge in [0.25, 0.3) is 0 Å². The first kappa shape index (κ1) is 12.0. The van der Waals surface area contributed by atoms with Crippen LogP contribution in [0.15, 0.2) is 0 Å². The van der Waals surface area contributed by atoms with Crippen LogP contribution in [0.5, 0.6) is 0 Å². The molecule has 1 heterocycles. The zero-order valence-corrected chi connectivity index (χ0v) is 9.62. The number of piperidine rings is 1. The average molecular weight is 213 g/mol. The van der Waals surface area contributed by atoms with Gasteiger partial charge in [0.1, 0.15) is 6.04 Å². The molecule has 0 aromatic carbocycles. The molecule has 4 heteroatoms. The molecule has 15 heavy (non-hydrogen) atoms. The van der Waals surface area contributed by atoms with Crippen LogP contribution in [0.25, 0.3) is 0 Å². The van der Waals surface area contributed by atoms with Gasteiger partial charge in [0.15, 0.2) is 0 Å². The fraction of sp³-hybridized carbons (Fsp3) is 0.818. The summed E-state index contributed by atoms with van der Waals surface area (Å²) in [4.78, 5) is 24.5. The molecule has 0 radical (unpaired) electrons. The maximum absolute atomic E-state index is 12.0. The van der Waals surface area contributed by atoms with Crippen molar-refractivity contribution in [3.63, 3.8) is 0 Å². The number of carboxylic acid groups (broad SMARTS) is 1. The first-order valence-corrected chi connectivity index (χ1v) is 5.38. The lowest BCUT2D eigenvalue weighted by atomic mass is 9.91. The molecule has 0 aromatic heterocycles. The summed E-state index contributed by atoms with van der Waals surface area (Å²) in [7, 11) is 0. The Morgan fingerprint density at radius 1 is 1.27 bits per heavy atom. The minimum absolute atomic E-state index is 0.0606. The van der Waals surface area contributed by atoms with Crippen LogP contribution >= 0.6 is 0 Å². The van der Waals surface area contributed by atoms with Gasteiger partial charge in [-0.2, -0.15) is 0 Å². The molecule has 1 atom stereocenters. The number of nitrogens with zero attached hydrogens (tertiary/aromatic N) is 1. The van der Waals surface area contributed by atoms with Crippen LogP contribution in [0.4, 0.5) is 0 Å². The molecule has 4 nitrogen and oxygen atoms in total. The standard InChI is InChI=1S/C11H19NO3/c1-11(2,3)10(15)12-7-5-4-6-8(12)9(13)14/h8H,4-7H2,1-3H3,(H,13,14)/t8-/m1/s1. The molecule has 0 aromatic rings. The van der Waals surface area contributed by atoms with Crippen LogP contribution < -0.4 is 0 Å². The monoisotopic (exact) mass is 213 g/mol. The fourth-order valence-electron chi connectivity index (χ4n) is 1.86. The second kappa shape index (κ2) is 4.21. The first-order chi connectivity index (χ1) is 6.84. The molecule has 0 bridgehead atoms. The Labute approximate surface area is 90.3 Å². The number of likely N-dealkylation sites (tertiary alicyclic amines) is 1. The van der Waals surface area contributed by atoms with Gasteiger partial charge in [0.2, 0.25) is 5.91 Å². The van der Waals surface area contributed by atoms with E-state index in [0.717, 1.165) is 12.8 Å². The Balaban J connectivity index is 2.81. The molecular weight excluding hydrogens is 194 g/mol. The third kappa shape index (κ3) is 2.70. The molecule has 1 amide bonds. The van der Waals surface area contributed by atoms with Gasteiger partial charge in [-0.1, -0.05) is 20.8 Å². The Morgan fingerprint density at radius 3 is 2.33 bits per heavy atom. The Hall–Kier alpha value is -1.06. The molecule has 1 rings (SSSR count). The van der Waals surface area contributed by atoms with Crippen molar-refractivity contribution in [2.24, 2.45) is 5.41 Å². The zero-order chi connectivity index (χ0) is 11.6. The molecule has 1 N–H and O–H groups in total. The van der Waals surface area contributed by atoms with Crippen molar-refractivity contribution in [3.8, 4) is 0 Å². The molecule has 0 saturated carbocycles. The van der Waals surface area contributed by atoms with E-state index in [0.29, 0.717) is 13.0 Å². The molecule has 1 fully saturated rings. The van der Waals surface area contributed by atoms with Crippen LogP contribution in [0.3, 0.4) is 0 Å². The minimum atomic E-state index is -0.882. The third-order valence-electron chi connectivity index (χ3n) is 2.69. The van der Waals surface area contributed by atoms with E-state index in [2.05, 4.69) is 0 Å². The van der Waals surface area contributed by atoms with Gasteiger partial charge in [-0.3, -0.25) is 4.79 Å². The van der Waals surface area contributed by atoms with Crippen molar-refractivity contribution in [1.29, 1.82) is 0 Å². The smallest absolute Gasteiger partial charge is 0.326 e. The molecule has 86 valence electrons. The Bertz CT molecular complexity index is 267. The molecule has 0 unspecified atom stereocenters. The maximum Gasteiger partial charge on any atom is 0.326 e. The second-order valence-electron chi connectivity index (χ2n) is 5.10. The van der Waals surface area contributed by atoms with Crippen LogP contribution in [-0.4, -0.2) is 34.5 Å². The van der Waals surface area contributed by atoms with E-state index in [1.165, 1.54) is 4.90 Å². The van der Waals surface area contributed by atoms with E-state index < -0.39 is 17.4 Å². The summed E-state index contributed by atoms with van der Waals surface area (Å²) in [5.41, 5.74) is -0.495. The van der Waals surface area contributed by atoms with Gasteiger partial charge in [-0.15, -0.1) is 0 Å². The molecule has 1 aliphatic rings. The summed E-state index contributed by atoms with van der Waals surface area (Å²) < 4.78 is 0. The maximum atomic E-state index is 12.0. The number of rotatable bonds is 1. The second-order valence-corrected chi connectivity index (χ2v) is 5.10. The predicted octanol–water partition coefficient (Wildman–Crippen LogP) is 1.50. The topological polar surface area (TPSA) is 57.6 Å². The van der Waals surface area contributed by atoms with Crippen LogP contribution in [-0.2, 0) is 9.59 Å². The number of carbonyl (C=O) groups excluding carboxylic acids is 1. The summed E-state index contributed by atoms with van der Waals surface area (Å²) in [5.74, 6) is -0.943. The van der Waals surface area contributed by atoms with Gasteiger partial charge < -0.3 is 10.0 Å². The Morgan fingerprint density at radius 2 is 1.87 bits per heavy atom. The summed E-state index contributed by atoms with van der Waals surface area (Å²) in [5, 5.41) is 9.03. The van der Waals surface area contributed by atoms with Crippen molar-refractivity contribution in [3.05, 3.63) is 0 Å². The number of carboxylic acids is 1. The van der Waals surface area contributed by atoms with Gasteiger partial charge in [-0.25, -0.2) is 4.79 Å². The van der Waals surface area contributed by atoms with E-state index in [1.807, 2.05) is 20.8 Å². The van der Waals surface area contributed by atoms with Gasteiger partial charge in [0.05, 0.1) is 0 Å². The van der Waals surface area contributed by atoms with Crippen LogP contribution in [0, 0.1) is 5.41 Å². The highest BCUT2D eigenvalue weighted by Gasteiger charge is 2.36. The molecule has 0 spiro atoms. The highest BCUT2D eigenvalue weighted by molar-refractivity contribution is 5.87. The summed E-state index contributed by atoms with van der Waals surface area (Å²) in [6.45, 7) is 6.04. The quantitative estimate of drug-likeness (QED) is 0.718. The number of amides is 1. The molecule has 1 saturated heterocycles. The lowest BCUT2D eigenvalue weighted by Gasteiger charge is -2.36. The van der Waals surface area contributed by atoms with Crippen molar-refractivity contribution in [2.75, 3.05) is 6.54 Å². The first-order valence-electron chi connectivity index (χ1n) is 5.38.